The van der Waals surface area contributed by atoms with Crippen LogP contribution in [0.3, 0.4) is 0 Å². The zero-order valence-electron chi connectivity index (χ0n) is 8.20. The molecule has 4 N–H and O–H groups in total. The summed E-state index contributed by atoms with van der Waals surface area (Å²) in [5.41, 5.74) is 5.55. The Labute approximate surface area is 79.0 Å². The van der Waals surface area contributed by atoms with Crippen molar-refractivity contribution >= 4 is 5.96 Å². The monoisotopic (exact) mass is 183 g/mol. The summed E-state index contributed by atoms with van der Waals surface area (Å²) in [6, 6.07) is 2.06. The Hall–Kier alpha value is -1.44. The molecule has 0 fully saturated rings. The van der Waals surface area contributed by atoms with Gasteiger partial charge in [-0.15, -0.1) is 5.10 Å². The highest BCUT2D eigenvalue weighted by Gasteiger charge is 2.08. The van der Waals surface area contributed by atoms with Gasteiger partial charge in [0.2, 0.25) is 5.96 Å². The Morgan fingerprint density at radius 3 is 2.62 bits per heavy atom. The van der Waals surface area contributed by atoms with Crippen LogP contribution in [0.4, 0.5) is 0 Å². The third-order valence-electron chi connectivity index (χ3n) is 1.54. The van der Waals surface area contributed by atoms with E-state index in [9.17, 15) is 0 Å². The van der Waals surface area contributed by atoms with E-state index in [1.165, 1.54) is 0 Å². The van der Waals surface area contributed by atoms with E-state index >= 15 is 0 Å². The number of nitrogens with zero attached hydrogens (tertiary/aromatic N) is 3. The molecule has 0 unspecified atom stereocenters. The molecule has 0 aliphatic rings. The van der Waals surface area contributed by atoms with Gasteiger partial charge in [-0.1, -0.05) is 13.8 Å². The molecule has 0 aliphatic carbocycles. The predicted octanol–water partition coefficient (Wildman–Crippen LogP) is 0.0465. The Balaban J connectivity index is 4.12. The minimum atomic E-state index is 0.295. The van der Waals surface area contributed by atoms with E-state index in [0.29, 0.717) is 24.8 Å². The minimum Gasteiger partial charge on any atom is -0.368 e. The van der Waals surface area contributed by atoms with Crippen LogP contribution in [0.15, 0.2) is 5.10 Å². The first-order valence-corrected chi connectivity index (χ1v) is 4.27. The van der Waals surface area contributed by atoms with E-state index in [1.54, 1.807) is 0 Å². The van der Waals surface area contributed by atoms with E-state index in [0.717, 1.165) is 6.54 Å². The van der Waals surface area contributed by atoms with Crippen LogP contribution in [0.2, 0.25) is 0 Å². The standard InChI is InChI=1S/C8H17N5/c1-7(2)6-13(5-3-4-9)8(10)12-11/h7H,3,5-6,11H2,1-2H3,(H2,10,12). The number of guanidine groups is 1. The molecule has 0 aliphatic heterocycles. The van der Waals surface area contributed by atoms with Gasteiger partial charge in [-0.3, -0.25) is 0 Å². The molecule has 0 bridgehead atoms. The van der Waals surface area contributed by atoms with Crippen LogP contribution in [0.25, 0.3) is 0 Å². The quantitative estimate of drug-likeness (QED) is 0.279. The summed E-state index contributed by atoms with van der Waals surface area (Å²) in [5, 5.41) is 11.8. The van der Waals surface area contributed by atoms with Crippen LogP contribution in [0.5, 0.6) is 0 Å². The Bertz CT molecular complexity index is 203. The van der Waals surface area contributed by atoms with Crippen molar-refractivity contribution in [1.29, 1.82) is 5.26 Å². The molecule has 5 heteroatoms. The molecular weight excluding hydrogens is 166 g/mol. The summed E-state index contributed by atoms with van der Waals surface area (Å²) in [5.74, 6) is 5.83. The lowest BCUT2D eigenvalue weighted by Crippen LogP contribution is -2.40. The largest absolute Gasteiger partial charge is 0.368 e. The fraction of sp³-hybridized carbons (Fsp3) is 0.750. The van der Waals surface area contributed by atoms with Gasteiger partial charge in [-0.2, -0.15) is 5.26 Å². The fourth-order valence-corrected chi connectivity index (χ4v) is 1.01. The average Bonchev–Trinajstić information content (AvgIpc) is 2.10. The molecule has 0 heterocycles. The molecule has 0 saturated heterocycles. The second-order valence-corrected chi connectivity index (χ2v) is 3.24. The lowest BCUT2D eigenvalue weighted by molar-refractivity contribution is 0.367. The smallest absolute Gasteiger partial charge is 0.213 e. The maximum Gasteiger partial charge on any atom is 0.213 e. The first-order valence-electron chi connectivity index (χ1n) is 4.27. The second-order valence-electron chi connectivity index (χ2n) is 3.24. The van der Waals surface area contributed by atoms with Gasteiger partial charge in [0.25, 0.3) is 0 Å². The highest BCUT2D eigenvalue weighted by atomic mass is 15.3. The van der Waals surface area contributed by atoms with Gasteiger partial charge in [0, 0.05) is 13.1 Å². The molecule has 0 aromatic heterocycles. The summed E-state index contributed by atoms with van der Waals surface area (Å²) in [6.45, 7) is 5.50. The van der Waals surface area contributed by atoms with Gasteiger partial charge in [0.05, 0.1) is 12.5 Å². The number of nitriles is 1. The molecule has 13 heavy (non-hydrogen) atoms. The molecule has 0 spiro atoms. The first kappa shape index (κ1) is 11.6. The summed E-state index contributed by atoms with van der Waals surface area (Å²) >= 11 is 0. The maximum atomic E-state index is 8.42. The third-order valence-corrected chi connectivity index (χ3v) is 1.54. The summed E-state index contributed by atoms with van der Waals surface area (Å²) in [6.07, 6.45) is 0.433. The van der Waals surface area contributed by atoms with Crippen LogP contribution >= 0.6 is 0 Å². The molecule has 0 amide bonds. The van der Waals surface area contributed by atoms with Crippen molar-refractivity contribution in [3.63, 3.8) is 0 Å². The molecular formula is C8H17N5. The summed E-state index contributed by atoms with van der Waals surface area (Å²) < 4.78 is 0. The number of hydrogen-bond acceptors (Lipinski definition) is 3. The zero-order valence-corrected chi connectivity index (χ0v) is 8.20. The van der Waals surface area contributed by atoms with Crippen LogP contribution in [0.1, 0.15) is 20.3 Å². The predicted molar refractivity (Wildman–Crippen MR) is 52.5 cm³/mol. The molecule has 0 aromatic carbocycles. The lowest BCUT2D eigenvalue weighted by Gasteiger charge is -2.23. The second kappa shape index (κ2) is 6.12. The van der Waals surface area contributed by atoms with Gasteiger partial charge < -0.3 is 16.5 Å². The van der Waals surface area contributed by atoms with Gasteiger partial charge >= 0.3 is 0 Å². The summed E-state index contributed by atoms with van der Waals surface area (Å²) in [7, 11) is 0. The summed E-state index contributed by atoms with van der Waals surface area (Å²) in [4.78, 5) is 1.81. The SMILES string of the molecule is CC(C)CN(CCC#N)C(N)=NN. The first-order chi connectivity index (χ1) is 6.11. The van der Waals surface area contributed by atoms with E-state index in [2.05, 4.69) is 25.0 Å². The van der Waals surface area contributed by atoms with Crippen molar-refractivity contribution in [2.45, 2.75) is 20.3 Å². The zero-order chi connectivity index (χ0) is 10.3. The number of rotatable bonds is 4. The van der Waals surface area contributed by atoms with Crippen molar-refractivity contribution < 1.29 is 0 Å². The van der Waals surface area contributed by atoms with Crippen molar-refractivity contribution in [2.75, 3.05) is 13.1 Å². The van der Waals surface area contributed by atoms with Crippen molar-refractivity contribution in [1.82, 2.24) is 4.90 Å². The van der Waals surface area contributed by atoms with Crippen molar-refractivity contribution in [3.8, 4) is 6.07 Å². The van der Waals surface area contributed by atoms with Crippen molar-refractivity contribution in [2.24, 2.45) is 22.6 Å². The van der Waals surface area contributed by atoms with Crippen LogP contribution < -0.4 is 11.6 Å². The normalized spacial score (nSPS) is 11.4. The van der Waals surface area contributed by atoms with E-state index in [-0.39, 0.29) is 0 Å². The maximum absolute atomic E-state index is 8.42. The molecule has 5 nitrogen and oxygen atoms in total. The fourth-order valence-electron chi connectivity index (χ4n) is 1.01. The average molecular weight is 183 g/mol. The topological polar surface area (TPSA) is 91.4 Å². The van der Waals surface area contributed by atoms with Crippen LogP contribution in [0, 0.1) is 17.2 Å². The molecule has 0 atom stereocenters. The highest BCUT2D eigenvalue weighted by molar-refractivity contribution is 5.77. The van der Waals surface area contributed by atoms with Crippen LogP contribution in [-0.4, -0.2) is 23.9 Å². The highest BCUT2D eigenvalue weighted by Crippen LogP contribution is 1.98. The van der Waals surface area contributed by atoms with E-state index in [1.807, 2.05) is 4.90 Å². The lowest BCUT2D eigenvalue weighted by atomic mass is 10.2. The minimum absolute atomic E-state index is 0.295. The Kier molecular flexibility index (Phi) is 5.44. The van der Waals surface area contributed by atoms with Crippen molar-refractivity contribution in [3.05, 3.63) is 0 Å². The van der Waals surface area contributed by atoms with Crippen LogP contribution in [-0.2, 0) is 0 Å². The molecule has 74 valence electrons. The Morgan fingerprint density at radius 2 is 2.23 bits per heavy atom. The van der Waals surface area contributed by atoms with Gasteiger partial charge in [0.1, 0.15) is 0 Å². The van der Waals surface area contributed by atoms with E-state index in [4.69, 9.17) is 16.8 Å². The molecule has 0 aromatic rings. The number of hydrogen-bond donors (Lipinski definition) is 2. The number of nitrogens with two attached hydrogens (primary N) is 2. The van der Waals surface area contributed by atoms with Gasteiger partial charge in [-0.05, 0) is 5.92 Å². The molecule has 0 radical (unpaired) electrons. The molecule has 0 saturated carbocycles. The number of hydrazone groups is 1. The molecule has 0 rings (SSSR count). The van der Waals surface area contributed by atoms with Gasteiger partial charge in [0.15, 0.2) is 0 Å². The third kappa shape index (κ3) is 4.90. The van der Waals surface area contributed by atoms with Gasteiger partial charge in [-0.25, -0.2) is 0 Å². The van der Waals surface area contributed by atoms with E-state index < -0.39 is 0 Å². The Morgan fingerprint density at radius 1 is 1.62 bits per heavy atom.